The van der Waals surface area contributed by atoms with Crippen LogP contribution in [0.1, 0.15) is 23.7 Å². The van der Waals surface area contributed by atoms with E-state index < -0.39 is 0 Å². The molecule has 4 nitrogen and oxygen atoms in total. The number of piperidine rings is 1. The summed E-state index contributed by atoms with van der Waals surface area (Å²) in [4.78, 5) is 17.0. The van der Waals surface area contributed by atoms with Crippen LogP contribution in [0.5, 0.6) is 0 Å². The van der Waals surface area contributed by atoms with E-state index >= 15 is 0 Å². The minimum Gasteiger partial charge on any atom is -0.316 e. The zero-order valence-electron chi connectivity index (χ0n) is 12.2. The minimum absolute atomic E-state index is 0.113. The van der Waals surface area contributed by atoms with Gasteiger partial charge in [0, 0.05) is 42.0 Å². The van der Waals surface area contributed by atoms with E-state index in [1.54, 1.807) is 6.07 Å². The smallest absolute Gasteiger partial charge is 0.251 e. The highest BCUT2D eigenvalue weighted by molar-refractivity contribution is 5.59. The molecule has 2 bridgehead atoms. The van der Waals surface area contributed by atoms with Crippen molar-refractivity contribution >= 4 is 0 Å². The number of aromatic nitrogens is 2. The van der Waals surface area contributed by atoms with E-state index in [1.807, 2.05) is 29.7 Å². The molecule has 108 valence electrons. The Morgan fingerprint density at radius 1 is 1.29 bits per heavy atom. The van der Waals surface area contributed by atoms with Gasteiger partial charge in [-0.3, -0.25) is 9.78 Å². The molecule has 2 aromatic rings. The van der Waals surface area contributed by atoms with E-state index in [-0.39, 0.29) is 5.56 Å². The molecule has 1 saturated heterocycles. The Kier molecular flexibility index (Phi) is 2.93. The lowest BCUT2D eigenvalue weighted by Crippen LogP contribution is -2.44. The second kappa shape index (κ2) is 4.81. The Balaban J connectivity index is 1.85. The van der Waals surface area contributed by atoms with Gasteiger partial charge in [0.25, 0.3) is 5.56 Å². The van der Waals surface area contributed by atoms with Crippen LogP contribution in [0.3, 0.4) is 0 Å². The summed E-state index contributed by atoms with van der Waals surface area (Å²) in [6.45, 7) is 4.83. The zero-order chi connectivity index (χ0) is 14.4. The summed E-state index contributed by atoms with van der Waals surface area (Å²) in [5.41, 5.74) is 4.09. The number of aryl methyl sites for hydroxylation is 1. The van der Waals surface area contributed by atoms with Crippen LogP contribution in [0.2, 0.25) is 0 Å². The second-order valence-electron chi connectivity index (χ2n) is 6.24. The molecule has 0 spiro atoms. The van der Waals surface area contributed by atoms with Gasteiger partial charge < -0.3 is 9.88 Å². The van der Waals surface area contributed by atoms with E-state index in [9.17, 15) is 4.79 Å². The largest absolute Gasteiger partial charge is 0.316 e. The standard InChI is InChI=1S/C17H19N3O/c1-11-3-2-4-15(19-11)13-6-16-14-5-12(8-18-9-14)10-20(16)17(21)7-13/h2-4,6-7,12,14,18H,5,8-10H2,1H3/t12-,14+/m0/s1. The van der Waals surface area contributed by atoms with Gasteiger partial charge in [-0.2, -0.15) is 0 Å². The van der Waals surface area contributed by atoms with Gasteiger partial charge >= 0.3 is 0 Å². The fraction of sp³-hybridized carbons (Fsp3) is 0.412. The third kappa shape index (κ3) is 2.20. The van der Waals surface area contributed by atoms with Crippen LogP contribution in [-0.2, 0) is 6.54 Å². The van der Waals surface area contributed by atoms with Crippen molar-refractivity contribution in [2.45, 2.75) is 25.8 Å². The molecule has 1 N–H and O–H groups in total. The van der Waals surface area contributed by atoms with Gasteiger partial charge in [-0.05, 0) is 44.0 Å². The number of hydrogen-bond acceptors (Lipinski definition) is 3. The van der Waals surface area contributed by atoms with Crippen molar-refractivity contribution in [3.8, 4) is 11.3 Å². The first-order chi connectivity index (χ1) is 10.2. The van der Waals surface area contributed by atoms with Gasteiger partial charge in [0.15, 0.2) is 0 Å². The molecular formula is C17H19N3O. The molecule has 4 heteroatoms. The van der Waals surface area contributed by atoms with Crippen LogP contribution in [0.25, 0.3) is 11.3 Å². The molecule has 1 fully saturated rings. The van der Waals surface area contributed by atoms with Crippen LogP contribution < -0.4 is 10.9 Å². The van der Waals surface area contributed by atoms with E-state index in [4.69, 9.17) is 0 Å². The summed E-state index contributed by atoms with van der Waals surface area (Å²) in [5.74, 6) is 1.05. The summed E-state index contributed by atoms with van der Waals surface area (Å²) >= 11 is 0. The van der Waals surface area contributed by atoms with Crippen LogP contribution in [0.15, 0.2) is 35.1 Å². The van der Waals surface area contributed by atoms with Crippen molar-refractivity contribution < 1.29 is 0 Å². The molecule has 2 atom stereocenters. The van der Waals surface area contributed by atoms with E-state index in [0.717, 1.165) is 36.6 Å². The molecule has 4 heterocycles. The van der Waals surface area contributed by atoms with E-state index in [2.05, 4.69) is 16.4 Å². The summed E-state index contributed by atoms with van der Waals surface area (Å²) < 4.78 is 1.97. The van der Waals surface area contributed by atoms with E-state index in [1.165, 1.54) is 12.1 Å². The molecular weight excluding hydrogens is 262 g/mol. The molecule has 2 aliphatic rings. The normalized spacial score (nSPS) is 23.7. The number of rotatable bonds is 1. The SMILES string of the molecule is Cc1cccc(-c2cc3n(c(=O)c2)C[C@@H]2CNC[C@H]3C2)n1. The first-order valence-electron chi connectivity index (χ1n) is 7.60. The highest BCUT2D eigenvalue weighted by Crippen LogP contribution is 2.33. The van der Waals surface area contributed by atoms with Gasteiger partial charge in [-0.25, -0.2) is 0 Å². The van der Waals surface area contributed by atoms with Gasteiger partial charge in [-0.1, -0.05) is 6.07 Å². The molecule has 2 aromatic heterocycles. The maximum absolute atomic E-state index is 12.5. The van der Waals surface area contributed by atoms with E-state index in [0.29, 0.717) is 11.8 Å². The van der Waals surface area contributed by atoms with Gasteiger partial charge in [0.05, 0.1) is 5.69 Å². The lowest BCUT2D eigenvalue weighted by Gasteiger charge is -2.37. The highest BCUT2D eigenvalue weighted by atomic mass is 16.1. The summed E-state index contributed by atoms with van der Waals surface area (Å²) in [6, 6.07) is 9.84. The number of pyridine rings is 2. The molecule has 4 rings (SSSR count). The number of nitrogens with one attached hydrogen (secondary N) is 1. The van der Waals surface area contributed by atoms with Gasteiger partial charge in [0.2, 0.25) is 0 Å². The Labute approximate surface area is 123 Å². The minimum atomic E-state index is 0.113. The average Bonchev–Trinajstić information content (AvgIpc) is 2.48. The van der Waals surface area contributed by atoms with Crippen LogP contribution in [0, 0.1) is 12.8 Å². The van der Waals surface area contributed by atoms with Crippen molar-refractivity contribution in [2.75, 3.05) is 13.1 Å². The fourth-order valence-electron chi connectivity index (χ4n) is 3.66. The molecule has 0 aliphatic carbocycles. The topological polar surface area (TPSA) is 46.9 Å². The van der Waals surface area contributed by atoms with Crippen molar-refractivity contribution in [1.82, 2.24) is 14.9 Å². The van der Waals surface area contributed by atoms with Crippen molar-refractivity contribution in [2.24, 2.45) is 5.92 Å². The average molecular weight is 281 g/mol. The molecule has 2 aliphatic heterocycles. The zero-order valence-corrected chi connectivity index (χ0v) is 12.2. The first-order valence-corrected chi connectivity index (χ1v) is 7.60. The number of nitrogens with zero attached hydrogens (tertiary/aromatic N) is 2. The maximum Gasteiger partial charge on any atom is 0.251 e. The molecule has 21 heavy (non-hydrogen) atoms. The lowest BCUT2D eigenvalue weighted by molar-refractivity contribution is 0.257. The van der Waals surface area contributed by atoms with Gasteiger partial charge in [-0.15, -0.1) is 0 Å². The Morgan fingerprint density at radius 2 is 2.19 bits per heavy atom. The molecule has 0 unspecified atom stereocenters. The number of fused-ring (bicyclic) bond motifs is 4. The molecule has 0 aromatic carbocycles. The molecule has 0 radical (unpaired) electrons. The summed E-state index contributed by atoms with van der Waals surface area (Å²) in [5, 5.41) is 3.48. The third-order valence-electron chi connectivity index (χ3n) is 4.64. The quantitative estimate of drug-likeness (QED) is 0.869. The van der Waals surface area contributed by atoms with Crippen LogP contribution in [0.4, 0.5) is 0 Å². The highest BCUT2D eigenvalue weighted by Gasteiger charge is 2.31. The monoisotopic (exact) mass is 281 g/mol. The Bertz CT molecular complexity index is 750. The Morgan fingerprint density at radius 3 is 3.05 bits per heavy atom. The lowest BCUT2D eigenvalue weighted by atomic mass is 9.83. The third-order valence-corrected chi connectivity index (χ3v) is 4.64. The van der Waals surface area contributed by atoms with Gasteiger partial charge in [0.1, 0.15) is 0 Å². The number of hydrogen-bond donors (Lipinski definition) is 1. The second-order valence-corrected chi connectivity index (χ2v) is 6.24. The van der Waals surface area contributed by atoms with Crippen molar-refractivity contribution in [1.29, 1.82) is 0 Å². The van der Waals surface area contributed by atoms with Crippen molar-refractivity contribution in [3.05, 3.63) is 52.1 Å². The summed E-state index contributed by atoms with van der Waals surface area (Å²) in [7, 11) is 0. The first kappa shape index (κ1) is 12.8. The van der Waals surface area contributed by atoms with Crippen LogP contribution in [-0.4, -0.2) is 22.6 Å². The van der Waals surface area contributed by atoms with Crippen molar-refractivity contribution in [3.63, 3.8) is 0 Å². The predicted molar refractivity (Wildman–Crippen MR) is 82.4 cm³/mol. The fourth-order valence-corrected chi connectivity index (χ4v) is 3.66. The van der Waals surface area contributed by atoms with Crippen LogP contribution >= 0.6 is 0 Å². The predicted octanol–water partition coefficient (Wildman–Crippen LogP) is 1.93. The molecule has 0 amide bonds. The summed E-state index contributed by atoms with van der Waals surface area (Å²) in [6.07, 6.45) is 1.19. The maximum atomic E-state index is 12.5. The Hall–Kier alpha value is -1.94. The molecule has 0 saturated carbocycles.